The molecule has 0 unspecified atom stereocenters. The summed E-state index contributed by atoms with van der Waals surface area (Å²) in [5.41, 5.74) is 2.11. The molecule has 1 amide bonds. The summed E-state index contributed by atoms with van der Waals surface area (Å²) < 4.78 is 21.3. The van der Waals surface area contributed by atoms with Gasteiger partial charge in [-0.3, -0.25) is 4.79 Å². The van der Waals surface area contributed by atoms with Crippen molar-refractivity contribution in [2.75, 3.05) is 33.8 Å². The van der Waals surface area contributed by atoms with E-state index in [1.54, 1.807) is 36.4 Å². The summed E-state index contributed by atoms with van der Waals surface area (Å²) >= 11 is 0. The van der Waals surface area contributed by atoms with Crippen LogP contribution in [0.3, 0.4) is 0 Å². The molecule has 9 nitrogen and oxygen atoms in total. The summed E-state index contributed by atoms with van der Waals surface area (Å²) in [6, 6.07) is 10.9. The van der Waals surface area contributed by atoms with Gasteiger partial charge in [0.1, 0.15) is 0 Å². The molecule has 36 heavy (non-hydrogen) atoms. The molecule has 0 saturated carbocycles. The summed E-state index contributed by atoms with van der Waals surface area (Å²) in [6.07, 6.45) is 6.24. The molecule has 0 bridgehead atoms. The van der Waals surface area contributed by atoms with Crippen LogP contribution in [0.4, 0.5) is 5.69 Å². The molecule has 0 saturated heterocycles. The normalized spacial score (nSPS) is 11.0. The predicted octanol–water partition coefficient (Wildman–Crippen LogP) is 4.66. The third-order valence-electron chi connectivity index (χ3n) is 5.14. The van der Waals surface area contributed by atoms with Crippen molar-refractivity contribution in [2.24, 2.45) is 0 Å². The summed E-state index contributed by atoms with van der Waals surface area (Å²) in [7, 11) is 5.96. The minimum atomic E-state index is -0.494. The van der Waals surface area contributed by atoms with Crippen molar-refractivity contribution in [2.45, 2.75) is 0 Å². The smallest absolute Gasteiger partial charge is 0.248 e. The van der Waals surface area contributed by atoms with E-state index in [-0.39, 0.29) is 28.7 Å². The van der Waals surface area contributed by atoms with Crippen LogP contribution in [0.2, 0.25) is 0 Å². The number of anilines is 1. The molecule has 0 atom stereocenters. The lowest BCUT2D eigenvalue weighted by atomic mass is 10.1. The predicted molar refractivity (Wildman–Crippen MR) is 137 cm³/mol. The standard InChI is InChI=1S/C27H27NO8/c1-33-23-14-18(15-24(34-2)27(23)36-4)6-5-17-11-19(26(35-3)22(31)13-17)28-25(32)10-8-16-7-9-20(29)21(30)12-16/h5-15,29-31H,1-4H3,(H,28,32)/b6-5?,10-8+. The third kappa shape index (κ3) is 6.01. The van der Waals surface area contributed by atoms with Crippen LogP contribution in [0.5, 0.6) is 40.2 Å². The Kier molecular flexibility index (Phi) is 8.30. The van der Waals surface area contributed by atoms with Crippen molar-refractivity contribution in [3.05, 3.63) is 65.2 Å². The summed E-state index contributed by atoms with van der Waals surface area (Å²) in [5, 5.41) is 32.1. The van der Waals surface area contributed by atoms with E-state index < -0.39 is 5.91 Å². The number of phenols is 3. The van der Waals surface area contributed by atoms with Crippen molar-refractivity contribution in [3.8, 4) is 40.2 Å². The Morgan fingerprint density at radius 2 is 1.25 bits per heavy atom. The van der Waals surface area contributed by atoms with E-state index in [0.717, 1.165) is 5.56 Å². The molecule has 0 aliphatic rings. The topological polar surface area (TPSA) is 127 Å². The van der Waals surface area contributed by atoms with E-state index in [1.807, 2.05) is 0 Å². The van der Waals surface area contributed by atoms with E-state index in [0.29, 0.717) is 28.4 Å². The molecule has 0 fully saturated rings. The molecule has 0 aromatic heterocycles. The number of nitrogens with one attached hydrogen (secondary N) is 1. The van der Waals surface area contributed by atoms with Gasteiger partial charge in [0.25, 0.3) is 0 Å². The number of methoxy groups -OCH3 is 4. The fourth-order valence-electron chi connectivity index (χ4n) is 3.42. The minimum absolute atomic E-state index is 0.101. The molecular weight excluding hydrogens is 466 g/mol. The number of hydrogen-bond donors (Lipinski definition) is 4. The van der Waals surface area contributed by atoms with Gasteiger partial charge in [-0.05, 0) is 59.2 Å². The Morgan fingerprint density at radius 3 is 1.81 bits per heavy atom. The Bertz CT molecular complexity index is 1290. The molecule has 0 heterocycles. The molecule has 188 valence electrons. The Balaban J connectivity index is 1.86. The van der Waals surface area contributed by atoms with Crippen molar-refractivity contribution in [3.63, 3.8) is 0 Å². The second-order valence-electron chi connectivity index (χ2n) is 7.48. The number of ether oxygens (including phenoxy) is 4. The highest BCUT2D eigenvalue weighted by molar-refractivity contribution is 6.03. The fraction of sp³-hybridized carbons (Fsp3) is 0.148. The monoisotopic (exact) mass is 493 g/mol. The summed E-state index contributed by atoms with van der Waals surface area (Å²) in [6.45, 7) is 0. The minimum Gasteiger partial charge on any atom is -0.504 e. The molecule has 0 radical (unpaired) electrons. The SMILES string of the molecule is COc1cc(C=Cc2cc(O)c(OC)c(NC(=O)/C=C/c3ccc(O)c(O)c3)c2)cc(OC)c1OC. The van der Waals surface area contributed by atoms with Gasteiger partial charge in [-0.2, -0.15) is 0 Å². The van der Waals surface area contributed by atoms with Crippen LogP contribution in [0, 0.1) is 0 Å². The zero-order chi connectivity index (χ0) is 26.2. The molecule has 0 aliphatic carbocycles. The Labute approximate surface area is 208 Å². The number of phenolic OH excluding ortho intramolecular Hbond substituents is 3. The van der Waals surface area contributed by atoms with Gasteiger partial charge in [-0.1, -0.05) is 18.2 Å². The van der Waals surface area contributed by atoms with Gasteiger partial charge in [0, 0.05) is 6.08 Å². The second-order valence-corrected chi connectivity index (χ2v) is 7.48. The highest BCUT2D eigenvalue weighted by atomic mass is 16.5. The summed E-state index contributed by atoms with van der Waals surface area (Å²) in [5.74, 6) is 0.359. The van der Waals surface area contributed by atoms with Crippen molar-refractivity contribution < 1.29 is 39.1 Å². The zero-order valence-corrected chi connectivity index (χ0v) is 20.2. The average molecular weight is 494 g/mol. The van der Waals surface area contributed by atoms with Gasteiger partial charge >= 0.3 is 0 Å². The van der Waals surface area contributed by atoms with Gasteiger partial charge in [0.15, 0.2) is 34.5 Å². The van der Waals surface area contributed by atoms with Crippen LogP contribution in [-0.4, -0.2) is 49.7 Å². The van der Waals surface area contributed by atoms with Crippen LogP contribution in [0.1, 0.15) is 16.7 Å². The third-order valence-corrected chi connectivity index (χ3v) is 5.14. The number of hydrogen-bond acceptors (Lipinski definition) is 8. The van der Waals surface area contributed by atoms with E-state index in [2.05, 4.69) is 5.32 Å². The molecule has 3 rings (SSSR count). The lowest BCUT2D eigenvalue weighted by Gasteiger charge is -2.13. The highest BCUT2D eigenvalue weighted by Crippen LogP contribution is 2.39. The van der Waals surface area contributed by atoms with Crippen LogP contribution < -0.4 is 24.3 Å². The number of carbonyl (C=O) groups is 1. The fourth-order valence-corrected chi connectivity index (χ4v) is 3.42. The number of benzene rings is 3. The molecular formula is C27H27NO8. The molecule has 0 aliphatic heterocycles. The van der Waals surface area contributed by atoms with Crippen molar-refractivity contribution in [1.82, 2.24) is 0 Å². The highest BCUT2D eigenvalue weighted by Gasteiger charge is 2.14. The maximum absolute atomic E-state index is 12.5. The lowest BCUT2D eigenvalue weighted by molar-refractivity contribution is -0.111. The Morgan fingerprint density at radius 1 is 0.667 bits per heavy atom. The van der Waals surface area contributed by atoms with E-state index in [1.165, 1.54) is 58.8 Å². The largest absolute Gasteiger partial charge is 0.504 e. The lowest BCUT2D eigenvalue weighted by Crippen LogP contribution is -2.09. The molecule has 3 aromatic carbocycles. The average Bonchev–Trinajstić information content (AvgIpc) is 2.87. The first-order valence-corrected chi connectivity index (χ1v) is 10.7. The van der Waals surface area contributed by atoms with Crippen LogP contribution in [-0.2, 0) is 4.79 Å². The van der Waals surface area contributed by atoms with Gasteiger partial charge in [0.2, 0.25) is 11.7 Å². The number of amides is 1. The van der Waals surface area contributed by atoms with Gasteiger partial charge < -0.3 is 39.6 Å². The molecule has 4 N–H and O–H groups in total. The Hall–Kier alpha value is -4.79. The van der Waals surface area contributed by atoms with Crippen LogP contribution >= 0.6 is 0 Å². The second kappa shape index (κ2) is 11.6. The molecule has 3 aromatic rings. The quantitative estimate of drug-likeness (QED) is 0.193. The first-order chi connectivity index (χ1) is 17.3. The van der Waals surface area contributed by atoms with Gasteiger partial charge in [0.05, 0.1) is 34.1 Å². The maximum atomic E-state index is 12.5. The van der Waals surface area contributed by atoms with Crippen molar-refractivity contribution >= 4 is 29.8 Å². The van der Waals surface area contributed by atoms with Crippen LogP contribution in [0.15, 0.2) is 48.5 Å². The van der Waals surface area contributed by atoms with E-state index in [9.17, 15) is 20.1 Å². The van der Waals surface area contributed by atoms with Crippen LogP contribution in [0.25, 0.3) is 18.2 Å². The number of carbonyl (C=O) groups excluding carboxylic acids is 1. The zero-order valence-electron chi connectivity index (χ0n) is 20.2. The first kappa shape index (κ1) is 25.8. The molecule has 9 heteroatoms. The molecule has 0 spiro atoms. The number of rotatable bonds is 9. The maximum Gasteiger partial charge on any atom is 0.248 e. The number of aromatic hydroxyl groups is 3. The van der Waals surface area contributed by atoms with Gasteiger partial charge in [-0.25, -0.2) is 0 Å². The van der Waals surface area contributed by atoms with E-state index >= 15 is 0 Å². The first-order valence-electron chi connectivity index (χ1n) is 10.7. The van der Waals surface area contributed by atoms with Crippen molar-refractivity contribution in [1.29, 1.82) is 0 Å². The van der Waals surface area contributed by atoms with Gasteiger partial charge in [-0.15, -0.1) is 0 Å². The summed E-state index contributed by atoms with van der Waals surface area (Å²) in [4.78, 5) is 12.5. The van der Waals surface area contributed by atoms with E-state index in [4.69, 9.17) is 18.9 Å².